The molecule has 1 amide bonds. The van der Waals surface area contributed by atoms with Crippen molar-refractivity contribution in [2.24, 2.45) is 0 Å². The normalized spacial score (nSPS) is 16.5. The van der Waals surface area contributed by atoms with Crippen LogP contribution in [0.25, 0.3) is 11.0 Å². The van der Waals surface area contributed by atoms with Crippen LogP contribution in [0.5, 0.6) is 5.75 Å². The summed E-state index contributed by atoms with van der Waals surface area (Å²) in [5.74, 6) is -1.11. The summed E-state index contributed by atoms with van der Waals surface area (Å²) in [6, 6.07) is 13.4. The second-order valence-corrected chi connectivity index (χ2v) is 8.75. The SMILES string of the molecule is COc1ccccc1C1C(C(=O)c2cc3cc(Br)ccc3o2)=C(O)C(=O)N1CCN(C)C. The molecule has 1 aromatic heterocycles. The number of Topliss-reactive ketones (excluding diaryl/α,β-unsaturated/α-hetero) is 1. The third kappa shape index (κ3) is 3.91. The van der Waals surface area contributed by atoms with Gasteiger partial charge < -0.3 is 24.1 Å². The van der Waals surface area contributed by atoms with E-state index >= 15 is 0 Å². The molecular formula is C24H23BrN2O5. The number of aliphatic hydroxyl groups excluding tert-OH is 1. The molecule has 1 unspecified atom stereocenters. The first-order chi connectivity index (χ1) is 15.3. The zero-order valence-electron chi connectivity index (χ0n) is 18.0. The fourth-order valence-corrected chi connectivity index (χ4v) is 4.28. The highest BCUT2D eigenvalue weighted by Crippen LogP contribution is 2.42. The average Bonchev–Trinajstić information content (AvgIpc) is 3.30. The number of hydrogen-bond acceptors (Lipinski definition) is 6. The van der Waals surface area contributed by atoms with Crippen molar-refractivity contribution in [3.05, 3.63) is 75.7 Å². The lowest BCUT2D eigenvalue weighted by atomic mass is 9.94. The van der Waals surface area contributed by atoms with Crippen molar-refractivity contribution in [2.75, 3.05) is 34.3 Å². The van der Waals surface area contributed by atoms with Gasteiger partial charge in [0.15, 0.2) is 11.5 Å². The van der Waals surface area contributed by atoms with Crippen LogP contribution < -0.4 is 4.74 Å². The molecule has 0 aliphatic carbocycles. The van der Waals surface area contributed by atoms with Crippen molar-refractivity contribution < 1.29 is 23.8 Å². The molecule has 3 aromatic rings. The maximum atomic E-state index is 13.6. The predicted molar refractivity (Wildman–Crippen MR) is 124 cm³/mol. The van der Waals surface area contributed by atoms with Crippen LogP contribution in [0, 0.1) is 0 Å². The number of ketones is 1. The molecule has 0 fully saturated rings. The van der Waals surface area contributed by atoms with E-state index in [1.165, 1.54) is 12.0 Å². The van der Waals surface area contributed by atoms with Crippen molar-refractivity contribution in [1.82, 2.24) is 9.80 Å². The highest BCUT2D eigenvalue weighted by atomic mass is 79.9. The van der Waals surface area contributed by atoms with Gasteiger partial charge in [-0.25, -0.2) is 0 Å². The summed E-state index contributed by atoms with van der Waals surface area (Å²) in [6.07, 6.45) is 0. The third-order valence-corrected chi connectivity index (χ3v) is 5.97. The molecule has 2 aromatic carbocycles. The number of rotatable bonds is 7. The summed E-state index contributed by atoms with van der Waals surface area (Å²) < 4.78 is 12.1. The second-order valence-electron chi connectivity index (χ2n) is 7.83. The second kappa shape index (κ2) is 8.80. The van der Waals surface area contributed by atoms with E-state index < -0.39 is 23.5 Å². The zero-order chi connectivity index (χ0) is 23.0. The largest absolute Gasteiger partial charge is 0.503 e. The number of carbonyl (C=O) groups excluding carboxylic acids is 2. The van der Waals surface area contributed by atoms with Crippen LogP contribution in [-0.4, -0.2) is 60.9 Å². The predicted octanol–water partition coefficient (Wildman–Crippen LogP) is 4.34. The number of fused-ring (bicyclic) bond motifs is 1. The number of aliphatic hydroxyl groups is 1. The lowest BCUT2D eigenvalue weighted by molar-refractivity contribution is -0.129. The Morgan fingerprint density at radius 3 is 2.69 bits per heavy atom. The van der Waals surface area contributed by atoms with Crippen LogP contribution in [0.1, 0.15) is 22.2 Å². The van der Waals surface area contributed by atoms with Crippen molar-refractivity contribution in [3.8, 4) is 5.75 Å². The highest BCUT2D eigenvalue weighted by Gasteiger charge is 2.45. The monoisotopic (exact) mass is 498 g/mol. The van der Waals surface area contributed by atoms with Crippen molar-refractivity contribution in [1.29, 1.82) is 0 Å². The minimum Gasteiger partial charge on any atom is -0.503 e. The quantitative estimate of drug-likeness (QED) is 0.487. The Labute approximate surface area is 194 Å². The molecule has 4 rings (SSSR count). The van der Waals surface area contributed by atoms with Gasteiger partial charge in [-0.2, -0.15) is 0 Å². The van der Waals surface area contributed by atoms with E-state index in [-0.39, 0.29) is 11.3 Å². The molecule has 1 aliphatic rings. The Morgan fingerprint density at radius 2 is 1.97 bits per heavy atom. The number of nitrogens with zero attached hydrogens (tertiary/aromatic N) is 2. The number of likely N-dealkylation sites (N-methyl/N-ethyl adjacent to an activating group) is 1. The van der Waals surface area contributed by atoms with Crippen molar-refractivity contribution >= 4 is 38.6 Å². The molecular weight excluding hydrogens is 476 g/mol. The van der Waals surface area contributed by atoms with Gasteiger partial charge in [-0.05, 0) is 44.4 Å². The van der Waals surface area contributed by atoms with E-state index in [0.29, 0.717) is 30.0 Å². The van der Waals surface area contributed by atoms with Gasteiger partial charge >= 0.3 is 0 Å². The maximum absolute atomic E-state index is 13.6. The smallest absolute Gasteiger partial charge is 0.290 e. The van der Waals surface area contributed by atoms with E-state index in [0.717, 1.165) is 9.86 Å². The van der Waals surface area contributed by atoms with Crippen molar-refractivity contribution in [2.45, 2.75) is 6.04 Å². The molecule has 32 heavy (non-hydrogen) atoms. The minimum atomic E-state index is -0.800. The fraction of sp³-hybridized carbons (Fsp3) is 0.250. The molecule has 0 spiro atoms. The van der Waals surface area contributed by atoms with Crippen LogP contribution in [0.2, 0.25) is 0 Å². The molecule has 0 radical (unpaired) electrons. The van der Waals surface area contributed by atoms with E-state index in [1.807, 2.05) is 43.3 Å². The van der Waals surface area contributed by atoms with E-state index in [1.54, 1.807) is 24.3 Å². The standard InChI is InChI=1S/C24H23BrN2O5/c1-26(2)10-11-27-21(16-6-4-5-7-18(16)31-3)20(23(29)24(27)30)22(28)19-13-14-12-15(25)8-9-17(14)32-19/h4-9,12-13,21,29H,10-11H2,1-3H3. The summed E-state index contributed by atoms with van der Waals surface area (Å²) >= 11 is 3.41. The molecule has 0 saturated carbocycles. The molecule has 2 heterocycles. The van der Waals surface area contributed by atoms with E-state index in [4.69, 9.17) is 9.15 Å². The number of para-hydroxylation sites is 1. The van der Waals surface area contributed by atoms with E-state index in [9.17, 15) is 14.7 Å². The summed E-state index contributed by atoms with van der Waals surface area (Å²) in [4.78, 5) is 30.0. The number of methoxy groups -OCH3 is 1. The molecule has 0 bridgehead atoms. The van der Waals surface area contributed by atoms with Gasteiger partial charge in [-0.1, -0.05) is 34.1 Å². The minimum absolute atomic E-state index is 0.0172. The molecule has 0 saturated heterocycles. The van der Waals surface area contributed by atoms with Crippen molar-refractivity contribution in [3.63, 3.8) is 0 Å². The van der Waals surface area contributed by atoms with Gasteiger partial charge in [0.2, 0.25) is 5.78 Å². The number of ether oxygens (including phenoxy) is 1. The number of halogens is 1. The maximum Gasteiger partial charge on any atom is 0.290 e. The van der Waals surface area contributed by atoms with Crippen LogP contribution in [-0.2, 0) is 4.79 Å². The van der Waals surface area contributed by atoms with Crippen LogP contribution in [0.4, 0.5) is 0 Å². The lowest BCUT2D eigenvalue weighted by Crippen LogP contribution is -2.36. The Morgan fingerprint density at radius 1 is 1.22 bits per heavy atom. The van der Waals surface area contributed by atoms with Gasteiger partial charge in [0.1, 0.15) is 11.3 Å². The third-order valence-electron chi connectivity index (χ3n) is 5.47. The van der Waals surface area contributed by atoms with Gasteiger partial charge in [-0.15, -0.1) is 0 Å². The van der Waals surface area contributed by atoms with Gasteiger partial charge in [0, 0.05) is 28.5 Å². The van der Waals surface area contributed by atoms with Gasteiger partial charge in [0.25, 0.3) is 5.91 Å². The van der Waals surface area contributed by atoms with E-state index in [2.05, 4.69) is 15.9 Å². The molecule has 1 atom stereocenters. The number of amides is 1. The first kappa shape index (κ1) is 22.1. The number of carbonyl (C=O) groups is 2. The number of hydrogen-bond donors (Lipinski definition) is 1. The van der Waals surface area contributed by atoms with Gasteiger partial charge in [-0.3, -0.25) is 9.59 Å². The average molecular weight is 499 g/mol. The topological polar surface area (TPSA) is 83.2 Å². The van der Waals surface area contributed by atoms with Crippen LogP contribution in [0.15, 0.2) is 68.8 Å². The Hall–Kier alpha value is -3.10. The summed E-state index contributed by atoms with van der Waals surface area (Å²) in [7, 11) is 5.32. The molecule has 1 aliphatic heterocycles. The zero-order valence-corrected chi connectivity index (χ0v) is 19.5. The Balaban J connectivity index is 1.82. The molecule has 8 heteroatoms. The summed E-state index contributed by atoms with van der Waals surface area (Å²) in [6.45, 7) is 0.882. The Kier molecular flexibility index (Phi) is 6.08. The number of furan rings is 1. The molecule has 166 valence electrons. The number of benzene rings is 2. The van der Waals surface area contributed by atoms with Gasteiger partial charge in [0.05, 0.1) is 18.7 Å². The summed E-state index contributed by atoms with van der Waals surface area (Å²) in [5, 5.41) is 11.5. The fourth-order valence-electron chi connectivity index (χ4n) is 3.90. The van der Waals surface area contributed by atoms with Crippen LogP contribution in [0.3, 0.4) is 0 Å². The molecule has 1 N–H and O–H groups in total. The van der Waals surface area contributed by atoms with Crippen LogP contribution >= 0.6 is 15.9 Å². The summed E-state index contributed by atoms with van der Waals surface area (Å²) in [5.41, 5.74) is 1.14. The highest BCUT2D eigenvalue weighted by molar-refractivity contribution is 9.10. The molecule has 7 nitrogen and oxygen atoms in total. The first-order valence-corrected chi connectivity index (χ1v) is 10.9. The Bertz CT molecular complexity index is 1230. The lowest BCUT2D eigenvalue weighted by Gasteiger charge is -2.28. The first-order valence-electron chi connectivity index (χ1n) is 10.1.